The minimum absolute atomic E-state index is 0.0352. The van der Waals surface area contributed by atoms with Crippen LogP contribution in [0.4, 0.5) is 0 Å². The van der Waals surface area contributed by atoms with Crippen LogP contribution >= 0.6 is 0 Å². The zero-order chi connectivity index (χ0) is 14.9. The summed E-state index contributed by atoms with van der Waals surface area (Å²) in [7, 11) is 0. The van der Waals surface area contributed by atoms with Gasteiger partial charge in [-0.3, -0.25) is 9.78 Å². The van der Waals surface area contributed by atoms with E-state index >= 15 is 0 Å². The Morgan fingerprint density at radius 1 is 1.18 bits per heavy atom. The van der Waals surface area contributed by atoms with E-state index < -0.39 is 0 Å². The standard InChI is InChI=1S/C18H16N2O2/c21-18(12-5-2-1-3-6-12)13-9-16-15(20-11-13)10-17(22-16)14-7-4-8-19-14/h1-3,5-6,9-11,14,19H,4,7-8H2/t14-/m1/s1. The third-order valence-corrected chi connectivity index (χ3v) is 4.09. The van der Waals surface area contributed by atoms with Gasteiger partial charge in [-0.25, -0.2) is 0 Å². The number of hydrogen-bond acceptors (Lipinski definition) is 4. The maximum Gasteiger partial charge on any atom is 0.194 e. The lowest BCUT2D eigenvalue weighted by Crippen LogP contribution is -2.11. The van der Waals surface area contributed by atoms with E-state index in [0.29, 0.717) is 16.7 Å². The lowest BCUT2D eigenvalue weighted by molar-refractivity contribution is 0.103. The highest BCUT2D eigenvalue weighted by Gasteiger charge is 2.21. The average molecular weight is 292 g/mol. The average Bonchev–Trinajstić information content (AvgIpc) is 3.23. The van der Waals surface area contributed by atoms with E-state index in [9.17, 15) is 4.79 Å². The number of nitrogens with zero attached hydrogens (tertiary/aromatic N) is 1. The summed E-state index contributed by atoms with van der Waals surface area (Å²) in [4.78, 5) is 16.8. The number of rotatable bonds is 3. The van der Waals surface area contributed by atoms with Crippen LogP contribution in [0, 0.1) is 0 Å². The van der Waals surface area contributed by atoms with Crippen molar-refractivity contribution in [3.63, 3.8) is 0 Å². The van der Waals surface area contributed by atoms with E-state index in [2.05, 4.69) is 10.3 Å². The second-order valence-electron chi connectivity index (χ2n) is 5.60. The third kappa shape index (κ3) is 2.31. The van der Waals surface area contributed by atoms with E-state index in [1.807, 2.05) is 36.4 Å². The molecule has 1 aromatic carbocycles. The summed E-state index contributed by atoms with van der Waals surface area (Å²) in [6.45, 7) is 1.02. The van der Waals surface area contributed by atoms with Crippen LogP contribution in [0.1, 0.15) is 40.6 Å². The first-order valence-electron chi connectivity index (χ1n) is 7.54. The summed E-state index contributed by atoms with van der Waals surface area (Å²) in [6, 6.07) is 13.2. The fourth-order valence-electron chi connectivity index (χ4n) is 2.92. The largest absolute Gasteiger partial charge is 0.458 e. The van der Waals surface area contributed by atoms with Crippen LogP contribution in [0.3, 0.4) is 0 Å². The minimum Gasteiger partial charge on any atom is -0.458 e. The Labute approximate surface area is 128 Å². The third-order valence-electron chi connectivity index (χ3n) is 4.09. The van der Waals surface area contributed by atoms with Crippen LogP contribution in [0.5, 0.6) is 0 Å². The second kappa shape index (κ2) is 5.39. The van der Waals surface area contributed by atoms with Crippen LogP contribution < -0.4 is 5.32 Å². The number of ketones is 1. The van der Waals surface area contributed by atoms with Crippen molar-refractivity contribution in [1.29, 1.82) is 0 Å². The van der Waals surface area contributed by atoms with Gasteiger partial charge in [-0.15, -0.1) is 0 Å². The Morgan fingerprint density at radius 2 is 2.05 bits per heavy atom. The van der Waals surface area contributed by atoms with Gasteiger partial charge in [0, 0.05) is 23.4 Å². The summed E-state index contributed by atoms with van der Waals surface area (Å²) >= 11 is 0. The first-order valence-corrected chi connectivity index (χ1v) is 7.54. The van der Waals surface area contributed by atoms with Crippen LogP contribution in [-0.4, -0.2) is 17.3 Å². The summed E-state index contributed by atoms with van der Waals surface area (Å²) in [5.41, 5.74) is 2.69. The van der Waals surface area contributed by atoms with E-state index in [0.717, 1.165) is 30.7 Å². The normalized spacial score (nSPS) is 17.9. The smallest absolute Gasteiger partial charge is 0.194 e. The number of carbonyl (C=O) groups excluding carboxylic acids is 1. The summed E-state index contributed by atoms with van der Waals surface area (Å²) in [5, 5.41) is 3.41. The monoisotopic (exact) mass is 292 g/mol. The van der Waals surface area contributed by atoms with Crippen molar-refractivity contribution >= 4 is 16.9 Å². The summed E-state index contributed by atoms with van der Waals surface area (Å²) in [6.07, 6.45) is 3.86. The van der Waals surface area contributed by atoms with E-state index in [4.69, 9.17) is 4.42 Å². The summed E-state index contributed by atoms with van der Waals surface area (Å²) in [5.74, 6) is 0.872. The van der Waals surface area contributed by atoms with Gasteiger partial charge in [-0.2, -0.15) is 0 Å². The second-order valence-corrected chi connectivity index (χ2v) is 5.60. The molecule has 3 aromatic rings. The van der Waals surface area contributed by atoms with Crippen LogP contribution in [0.15, 0.2) is 53.1 Å². The Bertz CT molecular complexity index is 817. The first kappa shape index (κ1) is 13.2. The SMILES string of the molecule is O=C(c1ccccc1)c1cnc2cc([C@H]3CCCN3)oc2c1. The van der Waals surface area contributed by atoms with E-state index in [1.165, 1.54) is 0 Å². The van der Waals surface area contributed by atoms with E-state index in [1.54, 1.807) is 12.3 Å². The van der Waals surface area contributed by atoms with Crippen molar-refractivity contribution in [2.24, 2.45) is 0 Å². The highest BCUT2D eigenvalue weighted by Crippen LogP contribution is 2.28. The van der Waals surface area contributed by atoms with Crippen molar-refractivity contribution in [2.75, 3.05) is 6.54 Å². The van der Waals surface area contributed by atoms with Crippen LogP contribution in [0.25, 0.3) is 11.1 Å². The molecular formula is C18H16N2O2. The zero-order valence-corrected chi connectivity index (χ0v) is 12.1. The molecule has 1 aliphatic rings. The molecule has 0 spiro atoms. The molecule has 1 saturated heterocycles. The Kier molecular flexibility index (Phi) is 3.24. The lowest BCUT2D eigenvalue weighted by Gasteiger charge is -2.04. The Balaban J connectivity index is 1.69. The van der Waals surface area contributed by atoms with Crippen LogP contribution in [0.2, 0.25) is 0 Å². The topological polar surface area (TPSA) is 55.1 Å². The quantitative estimate of drug-likeness (QED) is 0.751. The van der Waals surface area contributed by atoms with E-state index in [-0.39, 0.29) is 11.8 Å². The number of carbonyl (C=O) groups is 1. The fraction of sp³-hybridized carbons (Fsp3) is 0.222. The molecule has 0 bridgehead atoms. The summed E-state index contributed by atoms with van der Waals surface area (Å²) < 4.78 is 5.90. The predicted molar refractivity (Wildman–Crippen MR) is 83.9 cm³/mol. The first-order chi connectivity index (χ1) is 10.8. The lowest BCUT2D eigenvalue weighted by atomic mass is 10.1. The molecule has 110 valence electrons. The molecule has 4 rings (SSSR count). The molecular weight excluding hydrogens is 276 g/mol. The van der Waals surface area contributed by atoms with Crippen molar-refractivity contribution < 1.29 is 9.21 Å². The molecule has 2 aromatic heterocycles. The molecule has 3 heterocycles. The van der Waals surface area contributed by atoms with Crippen molar-refractivity contribution in [2.45, 2.75) is 18.9 Å². The van der Waals surface area contributed by atoms with Gasteiger partial charge in [-0.1, -0.05) is 30.3 Å². The molecule has 0 unspecified atom stereocenters. The number of hydrogen-bond donors (Lipinski definition) is 1. The predicted octanol–water partition coefficient (Wildman–Crippen LogP) is 3.48. The maximum atomic E-state index is 12.5. The number of benzene rings is 1. The number of fused-ring (bicyclic) bond motifs is 1. The van der Waals surface area contributed by atoms with Gasteiger partial charge in [0.15, 0.2) is 11.4 Å². The fourth-order valence-corrected chi connectivity index (χ4v) is 2.92. The number of furan rings is 1. The molecule has 0 radical (unpaired) electrons. The highest BCUT2D eigenvalue weighted by atomic mass is 16.3. The number of nitrogens with one attached hydrogen (secondary N) is 1. The Hall–Kier alpha value is -2.46. The van der Waals surface area contributed by atoms with Gasteiger partial charge in [-0.05, 0) is 25.5 Å². The molecule has 4 heteroatoms. The van der Waals surface area contributed by atoms with Gasteiger partial charge in [0.1, 0.15) is 11.3 Å². The van der Waals surface area contributed by atoms with Gasteiger partial charge in [0.2, 0.25) is 0 Å². The van der Waals surface area contributed by atoms with Crippen molar-refractivity contribution in [1.82, 2.24) is 10.3 Å². The molecule has 0 amide bonds. The molecule has 1 N–H and O–H groups in total. The van der Waals surface area contributed by atoms with Crippen molar-refractivity contribution in [3.8, 4) is 0 Å². The molecule has 0 aliphatic carbocycles. The van der Waals surface area contributed by atoms with Crippen LogP contribution in [-0.2, 0) is 0 Å². The van der Waals surface area contributed by atoms with Gasteiger partial charge < -0.3 is 9.73 Å². The number of pyridine rings is 1. The van der Waals surface area contributed by atoms with Crippen molar-refractivity contribution in [3.05, 3.63) is 65.5 Å². The maximum absolute atomic E-state index is 12.5. The molecule has 4 nitrogen and oxygen atoms in total. The molecule has 1 atom stereocenters. The molecule has 1 aliphatic heterocycles. The molecule has 0 saturated carbocycles. The van der Waals surface area contributed by atoms with Gasteiger partial charge in [0.05, 0.1) is 6.04 Å². The highest BCUT2D eigenvalue weighted by molar-refractivity contribution is 6.09. The minimum atomic E-state index is -0.0352. The Morgan fingerprint density at radius 3 is 2.82 bits per heavy atom. The van der Waals surface area contributed by atoms with Gasteiger partial charge >= 0.3 is 0 Å². The number of aromatic nitrogens is 1. The van der Waals surface area contributed by atoms with Gasteiger partial charge in [0.25, 0.3) is 0 Å². The zero-order valence-electron chi connectivity index (χ0n) is 12.1. The molecule has 22 heavy (non-hydrogen) atoms. The molecule has 1 fully saturated rings.